The van der Waals surface area contributed by atoms with E-state index in [1.165, 1.54) is 20.3 Å². The number of nitrogens with one attached hydrogen (secondary N) is 1. The molecule has 2 aliphatic rings. The van der Waals surface area contributed by atoms with Crippen LogP contribution in [-0.2, 0) is 10.0 Å². The lowest BCUT2D eigenvalue weighted by Crippen LogP contribution is -2.32. The Balaban J connectivity index is 0.00000192. The van der Waals surface area contributed by atoms with Gasteiger partial charge in [-0.05, 0) is 46.9 Å². The minimum atomic E-state index is -3.59. The fourth-order valence-corrected chi connectivity index (χ4v) is 5.37. The van der Waals surface area contributed by atoms with E-state index < -0.39 is 10.0 Å². The number of sulfonamides is 1. The molecule has 2 fully saturated rings. The molecule has 0 aliphatic carbocycles. The summed E-state index contributed by atoms with van der Waals surface area (Å²) in [5, 5.41) is 3.31. The number of rotatable bonds is 4. The number of benzene rings is 1. The predicted octanol–water partition coefficient (Wildman–Crippen LogP) is 1.73. The van der Waals surface area contributed by atoms with Gasteiger partial charge in [0, 0.05) is 19.2 Å². The normalized spacial score (nSPS) is 24.1. The molecule has 2 atom stereocenters. The second kappa shape index (κ2) is 7.14. The molecule has 2 aliphatic heterocycles. The quantitative estimate of drug-likeness (QED) is 0.792. The summed E-state index contributed by atoms with van der Waals surface area (Å²) >= 11 is 3.35. The van der Waals surface area contributed by atoms with Crippen LogP contribution in [0.25, 0.3) is 0 Å². The molecule has 0 bridgehead atoms. The standard InChI is InChI=1S/C14H19BrN2O4S.ClH/c1-20-12-4-14(13(21-2)3-11(12)15)22(18,19)17-7-9-5-16-6-10(9)8-17;/h3-4,9-10,16H,5-8H2,1-2H3;1H/t9-,10+;. The second-order valence-corrected chi connectivity index (χ2v) is 8.40. The van der Waals surface area contributed by atoms with E-state index in [1.54, 1.807) is 10.4 Å². The first-order chi connectivity index (χ1) is 10.5. The van der Waals surface area contributed by atoms with E-state index in [2.05, 4.69) is 21.2 Å². The molecule has 9 heteroatoms. The van der Waals surface area contributed by atoms with Gasteiger partial charge in [0.1, 0.15) is 16.4 Å². The molecular formula is C14H20BrClN2O4S. The number of hydrogen-bond acceptors (Lipinski definition) is 5. The molecule has 0 saturated carbocycles. The SMILES string of the molecule is COc1cc(S(=O)(=O)N2C[C@H]3CNC[C@H]3C2)c(OC)cc1Br.Cl. The van der Waals surface area contributed by atoms with Gasteiger partial charge in [-0.2, -0.15) is 4.31 Å². The van der Waals surface area contributed by atoms with Crippen molar-refractivity contribution in [2.24, 2.45) is 11.8 Å². The molecular weight excluding hydrogens is 408 g/mol. The average Bonchev–Trinajstić information content (AvgIpc) is 3.08. The van der Waals surface area contributed by atoms with Gasteiger partial charge in [-0.1, -0.05) is 0 Å². The zero-order valence-corrected chi connectivity index (χ0v) is 16.1. The maximum absolute atomic E-state index is 13.0. The van der Waals surface area contributed by atoms with Gasteiger partial charge >= 0.3 is 0 Å². The molecule has 1 aromatic rings. The van der Waals surface area contributed by atoms with E-state index in [0.717, 1.165) is 13.1 Å². The minimum absolute atomic E-state index is 0. The molecule has 0 amide bonds. The molecule has 2 saturated heterocycles. The van der Waals surface area contributed by atoms with Crippen LogP contribution in [0.15, 0.2) is 21.5 Å². The van der Waals surface area contributed by atoms with Crippen molar-refractivity contribution in [3.8, 4) is 11.5 Å². The van der Waals surface area contributed by atoms with Crippen molar-refractivity contribution in [1.82, 2.24) is 9.62 Å². The zero-order chi connectivity index (χ0) is 15.9. The lowest BCUT2D eigenvalue weighted by atomic mass is 10.0. The molecule has 23 heavy (non-hydrogen) atoms. The first-order valence-corrected chi connectivity index (χ1v) is 9.33. The number of nitrogens with zero attached hydrogens (tertiary/aromatic N) is 1. The summed E-state index contributed by atoms with van der Waals surface area (Å²) < 4.78 is 38.7. The number of hydrogen-bond donors (Lipinski definition) is 1. The summed E-state index contributed by atoms with van der Waals surface area (Å²) in [6.45, 7) is 2.89. The topological polar surface area (TPSA) is 67.9 Å². The summed E-state index contributed by atoms with van der Waals surface area (Å²) in [6.07, 6.45) is 0. The van der Waals surface area contributed by atoms with E-state index >= 15 is 0 Å². The van der Waals surface area contributed by atoms with Crippen LogP contribution >= 0.6 is 28.3 Å². The summed E-state index contributed by atoms with van der Waals surface area (Å²) in [7, 11) is -0.616. The van der Waals surface area contributed by atoms with Gasteiger partial charge < -0.3 is 14.8 Å². The highest BCUT2D eigenvalue weighted by Crippen LogP contribution is 2.38. The van der Waals surface area contributed by atoms with Gasteiger partial charge in [0.2, 0.25) is 10.0 Å². The van der Waals surface area contributed by atoms with Gasteiger partial charge in [-0.25, -0.2) is 8.42 Å². The Morgan fingerprint density at radius 1 is 1.13 bits per heavy atom. The Morgan fingerprint density at radius 2 is 1.70 bits per heavy atom. The van der Waals surface area contributed by atoms with Crippen LogP contribution in [-0.4, -0.2) is 53.1 Å². The van der Waals surface area contributed by atoms with Crippen LogP contribution in [0.2, 0.25) is 0 Å². The van der Waals surface area contributed by atoms with Crippen molar-refractivity contribution in [2.75, 3.05) is 40.4 Å². The van der Waals surface area contributed by atoms with E-state index in [0.29, 0.717) is 40.9 Å². The highest BCUT2D eigenvalue weighted by atomic mass is 79.9. The van der Waals surface area contributed by atoms with Crippen LogP contribution in [0.1, 0.15) is 0 Å². The van der Waals surface area contributed by atoms with Crippen LogP contribution in [0.3, 0.4) is 0 Å². The number of fused-ring (bicyclic) bond motifs is 1. The third kappa shape index (κ3) is 3.32. The van der Waals surface area contributed by atoms with E-state index in [4.69, 9.17) is 9.47 Å². The maximum Gasteiger partial charge on any atom is 0.246 e. The predicted molar refractivity (Wildman–Crippen MR) is 93.1 cm³/mol. The summed E-state index contributed by atoms with van der Waals surface area (Å²) in [6, 6.07) is 3.15. The fraction of sp³-hybridized carbons (Fsp3) is 0.571. The van der Waals surface area contributed by atoms with Gasteiger partial charge in [-0.15, -0.1) is 12.4 Å². The van der Waals surface area contributed by atoms with E-state index in [9.17, 15) is 8.42 Å². The van der Waals surface area contributed by atoms with Crippen molar-refractivity contribution in [2.45, 2.75) is 4.90 Å². The highest BCUT2D eigenvalue weighted by molar-refractivity contribution is 9.10. The van der Waals surface area contributed by atoms with E-state index in [1.807, 2.05) is 0 Å². The Labute approximate surface area is 151 Å². The lowest BCUT2D eigenvalue weighted by Gasteiger charge is -2.20. The van der Waals surface area contributed by atoms with E-state index in [-0.39, 0.29) is 17.3 Å². The average molecular weight is 428 g/mol. The highest BCUT2D eigenvalue weighted by Gasteiger charge is 2.42. The minimum Gasteiger partial charge on any atom is -0.496 e. The molecule has 2 heterocycles. The summed E-state index contributed by atoms with van der Waals surface area (Å²) in [5.41, 5.74) is 0. The van der Waals surface area contributed by atoms with Crippen molar-refractivity contribution < 1.29 is 17.9 Å². The van der Waals surface area contributed by atoms with Crippen molar-refractivity contribution in [3.05, 3.63) is 16.6 Å². The number of halogens is 2. The Kier molecular flexibility index (Phi) is 5.84. The molecule has 6 nitrogen and oxygen atoms in total. The van der Waals surface area contributed by atoms with Crippen molar-refractivity contribution in [1.29, 1.82) is 0 Å². The third-order valence-corrected chi connectivity index (χ3v) is 6.88. The molecule has 130 valence electrons. The maximum atomic E-state index is 13.0. The Morgan fingerprint density at radius 3 is 2.22 bits per heavy atom. The number of methoxy groups -OCH3 is 2. The van der Waals surface area contributed by atoms with Crippen molar-refractivity contribution >= 4 is 38.4 Å². The van der Waals surface area contributed by atoms with Gasteiger partial charge in [0.15, 0.2) is 0 Å². The first-order valence-electron chi connectivity index (χ1n) is 7.09. The molecule has 0 unspecified atom stereocenters. The van der Waals surface area contributed by atoms with Crippen LogP contribution in [0.5, 0.6) is 11.5 Å². The second-order valence-electron chi connectivity index (χ2n) is 5.64. The van der Waals surface area contributed by atoms with Crippen LogP contribution in [0.4, 0.5) is 0 Å². The smallest absolute Gasteiger partial charge is 0.246 e. The molecule has 1 N–H and O–H groups in total. The van der Waals surface area contributed by atoms with Crippen LogP contribution in [0, 0.1) is 11.8 Å². The number of ether oxygens (including phenoxy) is 2. The molecule has 3 rings (SSSR count). The Bertz CT molecular complexity index is 674. The van der Waals surface area contributed by atoms with Gasteiger partial charge in [0.05, 0.1) is 18.7 Å². The lowest BCUT2D eigenvalue weighted by molar-refractivity contribution is 0.385. The first kappa shape index (κ1) is 18.8. The Hall–Kier alpha value is -0.540. The summed E-state index contributed by atoms with van der Waals surface area (Å²) in [5.74, 6) is 1.60. The monoisotopic (exact) mass is 426 g/mol. The van der Waals surface area contributed by atoms with Crippen LogP contribution < -0.4 is 14.8 Å². The largest absolute Gasteiger partial charge is 0.496 e. The summed E-state index contributed by atoms with van der Waals surface area (Å²) in [4.78, 5) is 0.156. The van der Waals surface area contributed by atoms with Gasteiger partial charge in [-0.3, -0.25) is 0 Å². The third-order valence-electron chi connectivity index (χ3n) is 4.41. The zero-order valence-electron chi connectivity index (χ0n) is 12.9. The fourth-order valence-electron chi connectivity index (χ4n) is 3.18. The van der Waals surface area contributed by atoms with Gasteiger partial charge in [0.25, 0.3) is 0 Å². The molecule has 0 spiro atoms. The van der Waals surface area contributed by atoms with Crippen molar-refractivity contribution in [3.63, 3.8) is 0 Å². The molecule has 0 aromatic heterocycles. The molecule has 0 radical (unpaired) electrons. The molecule has 1 aromatic carbocycles.